The molecule has 0 bridgehead atoms. The molecule has 4 unspecified atom stereocenters. The van der Waals surface area contributed by atoms with Crippen molar-refractivity contribution >= 4 is 17.6 Å². The quantitative estimate of drug-likeness (QED) is 0.181. The van der Waals surface area contributed by atoms with Gasteiger partial charge in [-0.3, -0.25) is 0 Å². The Balaban J connectivity index is 1.40. The first-order valence-corrected chi connectivity index (χ1v) is 12.0. The van der Waals surface area contributed by atoms with Gasteiger partial charge in [0.1, 0.15) is 28.2 Å². The highest BCUT2D eigenvalue weighted by Crippen LogP contribution is 2.48. The van der Waals surface area contributed by atoms with Gasteiger partial charge in [-0.05, 0) is 86.3 Å². The number of allylic oxidation sites excluding steroid dienone is 1. The fourth-order valence-corrected chi connectivity index (χ4v) is 5.74. The van der Waals surface area contributed by atoms with Gasteiger partial charge in [-0.25, -0.2) is 18.0 Å². The maximum atomic E-state index is 15.0. The van der Waals surface area contributed by atoms with Gasteiger partial charge in [0, 0.05) is 12.1 Å². The van der Waals surface area contributed by atoms with Crippen LogP contribution in [0.3, 0.4) is 0 Å². The highest BCUT2D eigenvalue weighted by Gasteiger charge is 2.36. The van der Waals surface area contributed by atoms with Crippen LogP contribution in [0.15, 0.2) is 43.0 Å². The fourth-order valence-electron chi connectivity index (χ4n) is 5.63. The summed E-state index contributed by atoms with van der Waals surface area (Å²) >= 11 is 5.44. The molecule has 0 aromatic heterocycles. The van der Waals surface area contributed by atoms with Gasteiger partial charge in [0.2, 0.25) is 0 Å². The number of carbonyl (C=O) groups excluding carboxylic acids is 1. The number of rotatable bonds is 6. The zero-order valence-electron chi connectivity index (χ0n) is 18.5. The fraction of sp³-hybridized carbons (Fsp3) is 0.444. The predicted molar refractivity (Wildman–Crippen MR) is 123 cm³/mol. The average Bonchev–Trinajstić information content (AvgIpc) is 2.80. The topological polar surface area (TPSA) is 26.3 Å². The second-order valence-corrected chi connectivity index (χ2v) is 9.78. The normalized spacial score (nSPS) is 24.7. The van der Waals surface area contributed by atoms with Crippen molar-refractivity contribution < 1.29 is 22.7 Å². The van der Waals surface area contributed by atoms with Crippen LogP contribution in [-0.4, -0.2) is 5.97 Å². The molecule has 0 amide bonds. The minimum absolute atomic E-state index is 0.0107. The highest BCUT2D eigenvalue weighted by molar-refractivity contribution is 6.30. The Morgan fingerprint density at radius 1 is 1.00 bits per heavy atom. The van der Waals surface area contributed by atoms with Gasteiger partial charge < -0.3 is 4.74 Å². The summed E-state index contributed by atoms with van der Waals surface area (Å²) in [4.78, 5) is 12.4. The van der Waals surface area contributed by atoms with Crippen molar-refractivity contribution in [2.75, 3.05) is 0 Å². The van der Waals surface area contributed by atoms with Crippen molar-refractivity contribution in [3.8, 4) is 5.75 Å². The van der Waals surface area contributed by atoms with Crippen molar-refractivity contribution in [2.24, 2.45) is 17.8 Å². The molecule has 176 valence electrons. The summed E-state index contributed by atoms with van der Waals surface area (Å²) in [6, 6.07) is 5.95. The molecular formula is C27H28ClF3O2. The maximum Gasteiger partial charge on any atom is 0.343 e. The third kappa shape index (κ3) is 5.46. The van der Waals surface area contributed by atoms with Gasteiger partial charge in [-0.2, -0.15) is 0 Å². The predicted octanol–water partition coefficient (Wildman–Crippen LogP) is 8.24. The number of benzene rings is 2. The Kier molecular flexibility index (Phi) is 7.48. The molecule has 2 aliphatic carbocycles. The molecule has 0 aliphatic heterocycles. The summed E-state index contributed by atoms with van der Waals surface area (Å²) in [6.07, 6.45) is 11.0. The molecule has 0 radical (unpaired) electrons. The average molecular weight is 477 g/mol. The van der Waals surface area contributed by atoms with Crippen molar-refractivity contribution in [3.63, 3.8) is 0 Å². The Morgan fingerprint density at radius 3 is 2.39 bits per heavy atom. The van der Waals surface area contributed by atoms with Gasteiger partial charge in [0.25, 0.3) is 0 Å². The Labute approximate surface area is 197 Å². The van der Waals surface area contributed by atoms with Crippen molar-refractivity contribution in [2.45, 2.75) is 57.3 Å². The molecule has 0 N–H and O–H groups in total. The molecule has 2 saturated carbocycles. The number of ether oxygens (including phenoxy) is 1. The van der Waals surface area contributed by atoms with E-state index in [1.807, 2.05) is 6.08 Å². The van der Waals surface area contributed by atoms with Crippen molar-refractivity contribution in [3.05, 3.63) is 76.6 Å². The number of fused-ring (bicyclic) bond motifs is 1. The minimum atomic E-state index is -1.04. The number of hydrogen-bond acceptors (Lipinski definition) is 2. The number of hydrogen-bond donors (Lipinski definition) is 0. The van der Waals surface area contributed by atoms with Crippen molar-refractivity contribution in [1.82, 2.24) is 0 Å². The van der Waals surface area contributed by atoms with Crippen LogP contribution in [0.1, 0.15) is 73.2 Å². The first kappa shape index (κ1) is 23.9. The van der Waals surface area contributed by atoms with Crippen molar-refractivity contribution in [1.29, 1.82) is 0 Å². The second-order valence-electron chi connectivity index (χ2n) is 9.40. The standard InChI is InChI=1S/C27H28ClF3O2/c1-2-3-4-16-5-6-18-12-19(8-7-17(18)11-16)22-10-9-20(13-23(22)29)27(32)33-21-14-24(30)26(28)25(31)15-21/h2,9-10,13-19H,1,3-8,11-12H2. The van der Waals surface area contributed by atoms with Gasteiger partial charge >= 0.3 is 5.97 Å². The zero-order chi connectivity index (χ0) is 23.5. The highest BCUT2D eigenvalue weighted by atomic mass is 35.5. The summed E-state index contributed by atoms with van der Waals surface area (Å²) in [6.45, 7) is 3.83. The molecule has 2 aromatic rings. The maximum absolute atomic E-state index is 15.0. The van der Waals surface area contributed by atoms with Crippen LogP contribution < -0.4 is 4.74 Å². The summed E-state index contributed by atoms with van der Waals surface area (Å²) in [5, 5.41) is -0.676. The van der Waals surface area contributed by atoms with Crippen LogP contribution in [0.5, 0.6) is 5.75 Å². The van der Waals surface area contributed by atoms with Crippen LogP contribution in [0.25, 0.3) is 0 Å². The van der Waals surface area contributed by atoms with E-state index < -0.39 is 28.4 Å². The van der Waals surface area contributed by atoms with Gasteiger partial charge in [-0.15, -0.1) is 6.58 Å². The SMILES string of the molecule is C=CCCC1CCC2CC(c3ccc(C(=O)Oc4cc(F)c(Cl)c(F)c4)cc3F)CCC2C1. The molecule has 2 nitrogen and oxygen atoms in total. The molecule has 0 saturated heterocycles. The third-order valence-electron chi connectivity index (χ3n) is 7.34. The van der Waals surface area contributed by atoms with Crippen LogP contribution in [0.4, 0.5) is 13.2 Å². The molecule has 4 atom stereocenters. The molecule has 2 fully saturated rings. The summed E-state index contributed by atoms with van der Waals surface area (Å²) in [7, 11) is 0. The second kappa shape index (κ2) is 10.3. The number of esters is 1. The first-order chi connectivity index (χ1) is 15.9. The first-order valence-electron chi connectivity index (χ1n) is 11.6. The third-order valence-corrected chi connectivity index (χ3v) is 7.71. The molecule has 4 rings (SSSR count). The number of halogens is 4. The van der Waals surface area contributed by atoms with E-state index in [0.29, 0.717) is 11.5 Å². The van der Waals surface area contributed by atoms with Gasteiger partial charge in [-0.1, -0.05) is 30.2 Å². The monoisotopic (exact) mass is 476 g/mol. The molecule has 0 spiro atoms. The van der Waals surface area contributed by atoms with Crippen LogP contribution in [0.2, 0.25) is 5.02 Å². The summed E-state index contributed by atoms with van der Waals surface area (Å²) in [5.41, 5.74) is 0.616. The number of carbonyl (C=O) groups is 1. The molecule has 33 heavy (non-hydrogen) atoms. The zero-order valence-corrected chi connectivity index (χ0v) is 19.2. The lowest BCUT2D eigenvalue weighted by Gasteiger charge is -2.42. The van der Waals surface area contributed by atoms with Gasteiger partial charge in [0.05, 0.1) is 5.56 Å². The Hall–Kier alpha value is -2.27. The largest absolute Gasteiger partial charge is 0.423 e. The summed E-state index contributed by atoms with van der Waals surface area (Å²) in [5.74, 6) is -1.46. The molecular weight excluding hydrogens is 449 g/mol. The van der Waals surface area contributed by atoms with E-state index in [2.05, 4.69) is 6.58 Å². The summed E-state index contributed by atoms with van der Waals surface area (Å²) < 4.78 is 47.2. The van der Waals surface area contributed by atoms with E-state index in [4.69, 9.17) is 16.3 Å². The van der Waals surface area contributed by atoms with E-state index in [1.54, 1.807) is 6.07 Å². The smallest absolute Gasteiger partial charge is 0.343 e. The Bertz CT molecular complexity index is 1020. The lowest BCUT2D eigenvalue weighted by Crippen LogP contribution is -2.30. The van der Waals surface area contributed by atoms with E-state index in [1.165, 1.54) is 31.7 Å². The molecule has 2 aromatic carbocycles. The molecule has 6 heteroatoms. The van der Waals surface area contributed by atoms with Crippen LogP contribution in [0, 0.1) is 35.2 Å². The lowest BCUT2D eigenvalue weighted by molar-refractivity contribution is 0.0733. The Morgan fingerprint density at radius 2 is 1.70 bits per heavy atom. The van der Waals surface area contributed by atoms with E-state index in [-0.39, 0.29) is 17.2 Å². The molecule has 0 heterocycles. The molecule has 2 aliphatic rings. The van der Waals surface area contributed by atoms with E-state index in [0.717, 1.165) is 55.7 Å². The lowest BCUT2D eigenvalue weighted by atomic mass is 9.63. The van der Waals surface area contributed by atoms with Crippen LogP contribution in [-0.2, 0) is 0 Å². The van der Waals surface area contributed by atoms with E-state index in [9.17, 15) is 18.0 Å². The van der Waals surface area contributed by atoms with E-state index >= 15 is 0 Å². The minimum Gasteiger partial charge on any atom is -0.423 e. The van der Waals surface area contributed by atoms with Gasteiger partial charge in [0.15, 0.2) is 0 Å². The van der Waals surface area contributed by atoms with Crippen LogP contribution >= 0.6 is 11.6 Å².